The first-order chi connectivity index (χ1) is 10.5. The van der Waals surface area contributed by atoms with Crippen molar-refractivity contribution in [1.29, 1.82) is 0 Å². The Morgan fingerprint density at radius 3 is 2.43 bits per heavy atom. The van der Waals surface area contributed by atoms with Crippen LogP contribution in [0.5, 0.6) is 0 Å². The molecule has 0 aromatic rings. The maximum atomic E-state index is 12.0. The van der Waals surface area contributed by atoms with Crippen molar-refractivity contribution in [3.63, 3.8) is 0 Å². The molecule has 1 aliphatic rings. The minimum Gasteiger partial charge on any atom is -0.444 e. The molecule has 0 radical (unpaired) electrons. The molecular weight excluding hydrogens is 292 g/mol. The van der Waals surface area contributed by atoms with Gasteiger partial charge in [0.1, 0.15) is 5.60 Å². The zero-order chi connectivity index (χ0) is 17.7. The lowest BCUT2D eigenvalue weighted by molar-refractivity contribution is 0.0465. The number of aliphatic hydroxyl groups excluding tert-OH is 1. The van der Waals surface area contributed by atoms with Crippen LogP contribution >= 0.6 is 0 Å². The van der Waals surface area contributed by atoms with Crippen molar-refractivity contribution in [1.82, 2.24) is 10.6 Å². The molecule has 5 heteroatoms. The lowest BCUT2D eigenvalue weighted by Gasteiger charge is -2.45. The van der Waals surface area contributed by atoms with E-state index < -0.39 is 5.60 Å². The van der Waals surface area contributed by atoms with Gasteiger partial charge in [-0.15, -0.1) is 0 Å². The Labute approximate surface area is 141 Å². The number of aliphatic hydroxyl groups is 1. The van der Waals surface area contributed by atoms with Crippen LogP contribution in [0, 0.1) is 11.3 Å². The summed E-state index contributed by atoms with van der Waals surface area (Å²) >= 11 is 0. The van der Waals surface area contributed by atoms with Gasteiger partial charge < -0.3 is 20.5 Å². The number of carbonyl (C=O) groups is 1. The summed E-state index contributed by atoms with van der Waals surface area (Å²) in [6, 6.07) is 0. The molecule has 0 aromatic carbocycles. The fourth-order valence-electron chi connectivity index (χ4n) is 3.02. The zero-order valence-electron chi connectivity index (χ0n) is 15.8. The second kappa shape index (κ2) is 7.84. The van der Waals surface area contributed by atoms with Crippen LogP contribution in [0.1, 0.15) is 67.2 Å². The van der Waals surface area contributed by atoms with Crippen molar-refractivity contribution in [3.05, 3.63) is 0 Å². The monoisotopic (exact) mass is 328 g/mol. The van der Waals surface area contributed by atoms with Gasteiger partial charge in [-0.25, -0.2) is 4.79 Å². The first kappa shape index (κ1) is 20.2. The molecule has 0 bridgehead atoms. The van der Waals surface area contributed by atoms with Gasteiger partial charge in [0.15, 0.2) is 0 Å². The summed E-state index contributed by atoms with van der Waals surface area (Å²) in [5.74, 6) is 0.473. The van der Waals surface area contributed by atoms with Crippen LogP contribution in [0.3, 0.4) is 0 Å². The van der Waals surface area contributed by atoms with Crippen LogP contribution in [0.2, 0.25) is 0 Å². The summed E-state index contributed by atoms with van der Waals surface area (Å²) in [5.41, 5.74) is -0.778. The normalized spacial score (nSPS) is 26.0. The van der Waals surface area contributed by atoms with Crippen LogP contribution in [0.25, 0.3) is 0 Å². The standard InChI is InChI=1S/C18H36N2O3/c1-14-9-7-8-10-18(14,20-11-17(5,6)13-21)12-19-15(22)23-16(2,3)4/h14,20-21H,7-13H2,1-6H3,(H,19,22). The van der Waals surface area contributed by atoms with Crippen LogP contribution < -0.4 is 10.6 Å². The summed E-state index contributed by atoms with van der Waals surface area (Å²) in [4.78, 5) is 12.0. The minimum atomic E-state index is -0.484. The molecule has 0 spiro atoms. The van der Waals surface area contributed by atoms with Gasteiger partial charge in [-0.1, -0.05) is 33.6 Å². The fraction of sp³-hybridized carbons (Fsp3) is 0.944. The van der Waals surface area contributed by atoms with Crippen molar-refractivity contribution < 1.29 is 14.6 Å². The summed E-state index contributed by atoms with van der Waals surface area (Å²) in [6.07, 6.45) is 4.22. The van der Waals surface area contributed by atoms with Gasteiger partial charge in [-0.2, -0.15) is 0 Å². The predicted molar refractivity (Wildman–Crippen MR) is 93.5 cm³/mol. The van der Waals surface area contributed by atoms with Crippen molar-refractivity contribution >= 4 is 6.09 Å². The molecule has 5 nitrogen and oxygen atoms in total. The Balaban J connectivity index is 2.71. The van der Waals surface area contributed by atoms with Gasteiger partial charge in [0.05, 0.1) is 0 Å². The lowest BCUT2D eigenvalue weighted by atomic mass is 9.73. The second-order valence-corrected chi connectivity index (χ2v) is 8.83. The van der Waals surface area contributed by atoms with E-state index in [1.54, 1.807) is 0 Å². The summed E-state index contributed by atoms with van der Waals surface area (Å²) in [6.45, 7) is 13.4. The highest BCUT2D eigenvalue weighted by Gasteiger charge is 2.39. The molecule has 2 unspecified atom stereocenters. The molecule has 0 aromatic heterocycles. The quantitative estimate of drug-likeness (QED) is 0.701. The number of hydrogen-bond donors (Lipinski definition) is 3. The molecular formula is C18H36N2O3. The van der Waals surface area contributed by atoms with Gasteiger partial charge in [0, 0.05) is 30.7 Å². The molecule has 136 valence electrons. The third-order valence-corrected chi connectivity index (χ3v) is 4.75. The molecule has 23 heavy (non-hydrogen) atoms. The van der Waals surface area contributed by atoms with Gasteiger partial charge in [-0.3, -0.25) is 0 Å². The molecule has 1 saturated carbocycles. The van der Waals surface area contributed by atoms with Crippen molar-refractivity contribution in [2.24, 2.45) is 11.3 Å². The molecule has 1 rings (SSSR count). The summed E-state index contributed by atoms with van der Waals surface area (Å²) in [7, 11) is 0. The molecule has 1 fully saturated rings. The smallest absolute Gasteiger partial charge is 0.407 e. The molecule has 2 atom stereocenters. The number of rotatable bonds is 6. The molecule has 0 heterocycles. The van der Waals surface area contributed by atoms with E-state index in [1.165, 1.54) is 6.42 Å². The highest BCUT2D eigenvalue weighted by molar-refractivity contribution is 5.67. The van der Waals surface area contributed by atoms with E-state index in [0.29, 0.717) is 12.5 Å². The van der Waals surface area contributed by atoms with Crippen molar-refractivity contribution in [2.75, 3.05) is 19.7 Å². The topological polar surface area (TPSA) is 70.6 Å². The third kappa shape index (κ3) is 6.68. The van der Waals surface area contributed by atoms with E-state index in [2.05, 4.69) is 17.6 Å². The predicted octanol–water partition coefficient (Wildman–Crippen LogP) is 3.07. The fourth-order valence-corrected chi connectivity index (χ4v) is 3.02. The Morgan fingerprint density at radius 2 is 1.91 bits per heavy atom. The van der Waals surface area contributed by atoms with Crippen LogP contribution in [-0.4, -0.2) is 42.0 Å². The zero-order valence-corrected chi connectivity index (χ0v) is 15.8. The summed E-state index contributed by atoms with van der Waals surface area (Å²) in [5, 5.41) is 16.1. The van der Waals surface area contributed by atoms with Crippen molar-refractivity contribution in [2.45, 2.75) is 78.4 Å². The van der Waals surface area contributed by atoms with Crippen LogP contribution in [-0.2, 0) is 4.74 Å². The first-order valence-corrected chi connectivity index (χ1v) is 8.82. The number of ether oxygens (including phenoxy) is 1. The van der Waals surface area contributed by atoms with E-state index >= 15 is 0 Å². The van der Waals surface area contributed by atoms with Crippen LogP contribution in [0.4, 0.5) is 4.79 Å². The van der Waals surface area contributed by atoms with E-state index in [-0.39, 0.29) is 23.7 Å². The molecule has 1 aliphatic carbocycles. The van der Waals surface area contributed by atoms with Crippen LogP contribution in [0.15, 0.2) is 0 Å². The van der Waals surface area contributed by atoms with Crippen molar-refractivity contribution in [3.8, 4) is 0 Å². The van der Waals surface area contributed by atoms with Gasteiger partial charge in [0.2, 0.25) is 0 Å². The number of hydrogen-bond acceptors (Lipinski definition) is 4. The molecule has 0 aliphatic heterocycles. The second-order valence-electron chi connectivity index (χ2n) is 8.83. The number of alkyl carbamates (subject to hydrolysis) is 1. The Bertz CT molecular complexity index is 390. The van der Waals surface area contributed by atoms with Gasteiger partial charge in [0.25, 0.3) is 0 Å². The Kier molecular flexibility index (Phi) is 6.90. The van der Waals surface area contributed by atoms with E-state index in [1.807, 2.05) is 34.6 Å². The molecule has 3 N–H and O–H groups in total. The Morgan fingerprint density at radius 1 is 1.26 bits per heavy atom. The van der Waals surface area contributed by atoms with E-state index in [4.69, 9.17) is 4.74 Å². The largest absolute Gasteiger partial charge is 0.444 e. The van der Waals surface area contributed by atoms with Gasteiger partial charge in [-0.05, 0) is 39.5 Å². The van der Waals surface area contributed by atoms with Gasteiger partial charge >= 0.3 is 6.09 Å². The Hall–Kier alpha value is -0.810. The number of nitrogens with one attached hydrogen (secondary N) is 2. The average molecular weight is 328 g/mol. The average Bonchev–Trinajstić information content (AvgIpc) is 2.44. The maximum absolute atomic E-state index is 12.0. The summed E-state index contributed by atoms with van der Waals surface area (Å²) < 4.78 is 5.36. The number of carbonyl (C=O) groups excluding carboxylic acids is 1. The number of amides is 1. The highest BCUT2D eigenvalue weighted by Crippen LogP contribution is 2.34. The molecule has 0 saturated heterocycles. The first-order valence-electron chi connectivity index (χ1n) is 8.82. The minimum absolute atomic E-state index is 0.123. The third-order valence-electron chi connectivity index (χ3n) is 4.75. The SMILES string of the molecule is CC1CCCCC1(CNC(=O)OC(C)(C)C)NCC(C)(C)CO. The maximum Gasteiger partial charge on any atom is 0.407 e. The lowest BCUT2D eigenvalue weighted by Crippen LogP contribution is -2.61. The van der Waals surface area contributed by atoms with E-state index in [9.17, 15) is 9.90 Å². The highest BCUT2D eigenvalue weighted by atomic mass is 16.6. The van der Waals surface area contributed by atoms with E-state index in [0.717, 1.165) is 25.8 Å². The molecule has 1 amide bonds.